The van der Waals surface area contributed by atoms with Crippen LogP contribution in [0.15, 0.2) is 121 Å². The first-order chi connectivity index (χ1) is 21.3. The normalized spacial score (nSPS) is 26.1. The van der Waals surface area contributed by atoms with Crippen LogP contribution in [0.4, 0.5) is 0 Å². The molecule has 0 aliphatic heterocycles. The molecule has 1 saturated carbocycles. The molecule has 5 atom stereocenters. The van der Waals surface area contributed by atoms with Crippen LogP contribution in [0, 0.1) is 5.41 Å². The lowest BCUT2D eigenvalue weighted by atomic mass is 9.48. The first kappa shape index (κ1) is 22.8. The van der Waals surface area contributed by atoms with Gasteiger partial charge in [-0.25, -0.2) is 0 Å². The van der Waals surface area contributed by atoms with Crippen LogP contribution in [0.5, 0.6) is 0 Å². The van der Waals surface area contributed by atoms with E-state index < -0.39 is 0 Å². The van der Waals surface area contributed by atoms with E-state index in [1.807, 2.05) is 0 Å². The van der Waals surface area contributed by atoms with Crippen molar-refractivity contribution in [2.45, 2.75) is 36.5 Å². The Balaban J connectivity index is 1.37. The van der Waals surface area contributed by atoms with Crippen LogP contribution in [-0.4, -0.2) is 5.78 Å². The van der Waals surface area contributed by atoms with E-state index in [-0.39, 0.29) is 29.1 Å². The Morgan fingerprint density at radius 2 is 1.02 bits per heavy atom. The molecule has 0 amide bonds. The fraction of sp³-hybridized carbons (Fsp3) is 0.167. The molecule has 0 radical (unpaired) electrons. The van der Waals surface area contributed by atoms with Gasteiger partial charge in [0.1, 0.15) is 5.78 Å². The number of hydrogen-bond donors (Lipinski definition) is 0. The van der Waals surface area contributed by atoms with Crippen LogP contribution in [0.1, 0.15) is 69.9 Å². The summed E-state index contributed by atoms with van der Waals surface area (Å²) >= 11 is 0. The van der Waals surface area contributed by atoms with Crippen molar-refractivity contribution in [2.24, 2.45) is 5.41 Å². The highest BCUT2D eigenvalue weighted by molar-refractivity contribution is 6.14. The molecule has 1 fully saturated rings. The lowest BCUT2D eigenvalue weighted by Gasteiger charge is -2.54. The molecule has 1 heteroatoms. The molecule has 202 valence electrons. The number of ketones is 1. The van der Waals surface area contributed by atoms with Gasteiger partial charge in [-0.3, -0.25) is 4.79 Å². The summed E-state index contributed by atoms with van der Waals surface area (Å²) in [5.41, 5.74) is 8.65. The molecule has 4 aliphatic rings. The molecule has 0 heterocycles. The number of Topliss-reactive ketones (excluding diaryl/α,β-unsaturated/α-hetero) is 1. The van der Waals surface area contributed by atoms with Gasteiger partial charge in [0.15, 0.2) is 0 Å². The van der Waals surface area contributed by atoms with Gasteiger partial charge in [-0.1, -0.05) is 121 Å². The summed E-state index contributed by atoms with van der Waals surface area (Å²) < 4.78 is 0. The van der Waals surface area contributed by atoms with Crippen molar-refractivity contribution in [3.05, 3.63) is 155 Å². The average Bonchev–Trinajstić information content (AvgIpc) is 3.52. The Kier molecular flexibility index (Phi) is 4.03. The molecule has 0 N–H and O–H groups in total. The van der Waals surface area contributed by atoms with Crippen LogP contribution in [0.25, 0.3) is 43.1 Å². The molecule has 1 spiro atoms. The number of carbonyl (C=O) groups is 1. The smallest absolute Gasteiger partial charge is 0.134 e. The molecule has 0 bridgehead atoms. The van der Waals surface area contributed by atoms with E-state index in [0.29, 0.717) is 18.6 Å². The number of hydrogen-bond acceptors (Lipinski definition) is 1. The van der Waals surface area contributed by atoms with Gasteiger partial charge in [-0.05, 0) is 88.3 Å². The summed E-state index contributed by atoms with van der Waals surface area (Å²) in [4.78, 5) is 14.1. The lowest BCUT2D eigenvalue weighted by molar-refractivity contribution is -0.124. The Morgan fingerprint density at radius 1 is 0.465 bits per heavy atom. The van der Waals surface area contributed by atoms with Gasteiger partial charge in [0, 0.05) is 30.1 Å². The molecule has 1 unspecified atom stereocenters. The molecule has 0 aromatic heterocycles. The van der Waals surface area contributed by atoms with Crippen molar-refractivity contribution in [1.29, 1.82) is 0 Å². The van der Waals surface area contributed by atoms with Crippen LogP contribution >= 0.6 is 0 Å². The fourth-order valence-electron chi connectivity index (χ4n) is 10.9. The van der Waals surface area contributed by atoms with Crippen LogP contribution in [0.3, 0.4) is 0 Å². The van der Waals surface area contributed by atoms with E-state index in [2.05, 4.69) is 121 Å². The minimum atomic E-state index is -0.115. The molecule has 1 nitrogen and oxygen atoms in total. The van der Waals surface area contributed by atoms with Gasteiger partial charge in [0.2, 0.25) is 0 Å². The second-order valence-electron chi connectivity index (χ2n) is 13.4. The molecular formula is C42H28O. The maximum absolute atomic E-state index is 14.1. The van der Waals surface area contributed by atoms with E-state index in [1.54, 1.807) is 0 Å². The Labute approximate surface area is 249 Å². The first-order valence-electron chi connectivity index (χ1n) is 15.7. The molecule has 0 saturated heterocycles. The van der Waals surface area contributed by atoms with Crippen LogP contribution < -0.4 is 0 Å². The third-order valence-corrected chi connectivity index (χ3v) is 12.0. The maximum atomic E-state index is 14.1. The van der Waals surface area contributed by atoms with Gasteiger partial charge in [-0.2, -0.15) is 0 Å². The Morgan fingerprint density at radius 3 is 1.79 bits per heavy atom. The molecule has 43 heavy (non-hydrogen) atoms. The predicted molar refractivity (Wildman–Crippen MR) is 175 cm³/mol. The number of rotatable bonds is 0. The van der Waals surface area contributed by atoms with Crippen molar-refractivity contribution >= 4 is 48.9 Å². The first-order valence-corrected chi connectivity index (χ1v) is 15.7. The Bertz CT molecular complexity index is 2410. The zero-order valence-corrected chi connectivity index (χ0v) is 23.7. The standard InChI is InChI=1S/C42H28O/c43-24-21-35-34-20-23-10-1-2-11-25(23)28-18-9-19-33(37(28)34)40-31-16-7-8-17-32(31)41-39-30-15-6-4-13-27(30)26-12-3-5-14-29(26)38(39)36(22-24)42(35,40)41/h1-20,35-36,40-41H,21-22H2/t35-,36+,40-,41-,42?/m0/s1. The second-order valence-corrected chi connectivity index (χ2v) is 13.4. The highest BCUT2D eigenvalue weighted by Gasteiger charge is 2.70. The van der Waals surface area contributed by atoms with E-state index in [1.165, 1.54) is 76.5 Å². The summed E-state index contributed by atoms with van der Waals surface area (Å²) in [6, 6.07) is 45.7. The Hall–Kier alpha value is -4.75. The monoisotopic (exact) mass is 548 g/mol. The zero-order valence-electron chi connectivity index (χ0n) is 23.7. The van der Waals surface area contributed by atoms with Gasteiger partial charge in [0.05, 0.1) is 0 Å². The highest BCUT2D eigenvalue weighted by atomic mass is 16.1. The minimum absolute atomic E-state index is 0.115. The highest BCUT2D eigenvalue weighted by Crippen LogP contribution is 2.80. The SMILES string of the molecule is O=C1C[C@@H]2c3c(c4ccccc4c4ccccc34)[C@@H]3c4ccccc4[C@H]4c5cccc6c5c(cc5ccccc56)[C@H](C1)C342. The third-order valence-electron chi connectivity index (χ3n) is 12.0. The summed E-state index contributed by atoms with van der Waals surface area (Å²) in [6.45, 7) is 0. The molecular weight excluding hydrogens is 520 g/mol. The average molecular weight is 549 g/mol. The quantitative estimate of drug-likeness (QED) is 0.172. The van der Waals surface area contributed by atoms with Crippen LogP contribution in [0.2, 0.25) is 0 Å². The van der Waals surface area contributed by atoms with E-state index in [9.17, 15) is 4.79 Å². The number of carbonyl (C=O) groups excluding carboxylic acids is 1. The van der Waals surface area contributed by atoms with E-state index >= 15 is 0 Å². The van der Waals surface area contributed by atoms with Gasteiger partial charge in [-0.15, -0.1) is 0 Å². The van der Waals surface area contributed by atoms with E-state index in [0.717, 1.165) is 0 Å². The van der Waals surface area contributed by atoms with Crippen molar-refractivity contribution in [1.82, 2.24) is 0 Å². The van der Waals surface area contributed by atoms with Crippen LogP contribution in [-0.2, 0) is 4.79 Å². The van der Waals surface area contributed by atoms with Crippen molar-refractivity contribution in [3.63, 3.8) is 0 Å². The summed E-state index contributed by atoms with van der Waals surface area (Å²) in [7, 11) is 0. The molecule has 7 aromatic carbocycles. The molecule has 7 aromatic rings. The number of fused-ring (bicyclic) bond motifs is 15. The van der Waals surface area contributed by atoms with E-state index in [4.69, 9.17) is 0 Å². The summed E-state index contributed by atoms with van der Waals surface area (Å²) in [6.07, 6.45) is 1.26. The second kappa shape index (κ2) is 7.60. The molecule has 4 aliphatic carbocycles. The van der Waals surface area contributed by atoms with Gasteiger partial charge in [0.25, 0.3) is 0 Å². The van der Waals surface area contributed by atoms with Gasteiger partial charge < -0.3 is 0 Å². The van der Waals surface area contributed by atoms with Crippen molar-refractivity contribution in [3.8, 4) is 0 Å². The third kappa shape index (κ3) is 2.46. The minimum Gasteiger partial charge on any atom is -0.300 e. The largest absolute Gasteiger partial charge is 0.300 e. The van der Waals surface area contributed by atoms with Crippen molar-refractivity contribution < 1.29 is 4.79 Å². The van der Waals surface area contributed by atoms with Gasteiger partial charge >= 0.3 is 0 Å². The maximum Gasteiger partial charge on any atom is 0.134 e. The molecule has 11 rings (SSSR count). The van der Waals surface area contributed by atoms with Crippen molar-refractivity contribution in [2.75, 3.05) is 0 Å². The topological polar surface area (TPSA) is 17.1 Å². The predicted octanol–water partition coefficient (Wildman–Crippen LogP) is 10.1. The summed E-state index contributed by atoms with van der Waals surface area (Å²) in [5, 5.41) is 10.7. The zero-order chi connectivity index (χ0) is 28.0. The summed E-state index contributed by atoms with van der Waals surface area (Å²) in [5.74, 6) is 1.24. The fourth-order valence-corrected chi connectivity index (χ4v) is 10.9. The lowest BCUT2D eigenvalue weighted by Crippen LogP contribution is -2.46. The number of benzene rings is 7.